The molecule has 150 valence electrons. The Morgan fingerprint density at radius 3 is 2.07 bits per heavy atom. The number of nitrogens with one attached hydrogen (secondary N) is 2. The number of carbonyl (C=O) groups excluding carboxylic acids is 2. The van der Waals surface area contributed by atoms with Crippen LogP contribution in [-0.4, -0.2) is 36.3 Å². The maximum Gasteiger partial charge on any atom is 0.253 e. The van der Waals surface area contributed by atoms with Gasteiger partial charge in [0.15, 0.2) is 0 Å². The molecular formula is C21H25Cl2N3O2. The molecule has 2 rings (SSSR count). The minimum atomic E-state index is -0.212. The SMILES string of the molecule is CCCN(CCC)C(=O)c1ccc(NCC(=O)Nc2ccc(Cl)c(Cl)c2)cc1. The van der Waals surface area contributed by atoms with Crippen molar-refractivity contribution in [2.24, 2.45) is 0 Å². The summed E-state index contributed by atoms with van der Waals surface area (Å²) in [6.45, 7) is 5.71. The average Bonchev–Trinajstić information content (AvgIpc) is 2.69. The molecule has 0 bridgehead atoms. The maximum absolute atomic E-state index is 12.6. The molecule has 2 N–H and O–H groups in total. The first kappa shape index (κ1) is 22.1. The third-order valence-corrected chi connectivity index (χ3v) is 4.80. The van der Waals surface area contributed by atoms with Gasteiger partial charge in [-0.1, -0.05) is 37.0 Å². The summed E-state index contributed by atoms with van der Waals surface area (Å²) in [5.41, 5.74) is 1.99. The minimum Gasteiger partial charge on any atom is -0.376 e. The highest BCUT2D eigenvalue weighted by Crippen LogP contribution is 2.25. The minimum absolute atomic E-state index is 0.0348. The average molecular weight is 422 g/mol. The fraction of sp³-hybridized carbons (Fsp3) is 0.333. The number of hydrogen-bond donors (Lipinski definition) is 2. The lowest BCUT2D eigenvalue weighted by atomic mass is 10.1. The van der Waals surface area contributed by atoms with Crippen molar-refractivity contribution in [3.63, 3.8) is 0 Å². The number of anilines is 2. The van der Waals surface area contributed by atoms with Crippen LogP contribution in [0.25, 0.3) is 0 Å². The molecule has 2 aromatic rings. The summed E-state index contributed by atoms with van der Waals surface area (Å²) in [6, 6.07) is 12.1. The van der Waals surface area contributed by atoms with Gasteiger partial charge in [-0.3, -0.25) is 9.59 Å². The van der Waals surface area contributed by atoms with Crippen LogP contribution in [0, 0.1) is 0 Å². The molecule has 0 aliphatic carbocycles. The van der Waals surface area contributed by atoms with Crippen molar-refractivity contribution in [3.8, 4) is 0 Å². The standard InChI is InChI=1S/C21H25Cl2N3O2/c1-3-11-26(12-4-2)21(28)15-5-7-16(8-6-15)24-14-20(27)25-17-9-10-18(22)19(23)13-17/h5-10,13,24H,3-4,11-12,14H2,1-2H3,(H,25,27). The number of nitrogens with zero attached hydrogens (tertiary/aromatic N) is 1. The van der Waals surface area contributed by atoms with Crippen LogP contribution >= 0.6 is 23.2 Å². The van der Waals surface area contributed by atoms with Gasteiger partial charge in [-0.15, -0.1) is 0 Å². The molecule has 0 fully saturated rings. The summed E-state index contributed by atoms with van der Waals surface area (Å²) in [6.07, 6.45) is 1.86. The summed E-state index contributed by atoms with van der Waals surface area (Å²) in [5, 5.41) is 6.60. The molecule has 0 aromatic heterocycles. The van der Waals surface area contributed by atoms with Gasteiger partial charge in [0.05, 0.1) is 16.6 Å². The van der Waals surface area contributed by atoms with Gasteiger partial charge in [0.2, 0.25) is 5.91 Å². The molecule has 0 heterocycles. The van der Waals surface area contributed by atoms with Crippen molar-refractivity contribution >= 4 is 46.4 Å². The lowest BCUT2D eigenvalue weighted by Gasteiger charge is -2.21. The molecule has 28 heavy (non-hydrogen) atoms. The zero-order valence-electron chi connectivity index (χ0n) is 16.1. The zero-order chi connectivity index (χ0) is 20.5. The number of carbonyl (C=O) groups is 2. The number of amides is 2. The number of rotatable bonds is 9. The van der Waals surface area contributed by atoms with Crippen LogP contribution in [0.3, 0.4) is 0 Å². The first-order valence-electron chi connectivity index (χ1n) is 9.32. The van der Waals surface area contributed by atoms with Crippen LogP contribution in [0.5, 0.6) is 0 Å². The van der Waals surface area contributed by atoms with E-state index in [4.69, 9.17) is 23.2 Å². The molecule has 0 unspecified atom stereocenters. The Labute approximate surface area is 176 Å². The molecule has 2 amide bonds. The van der Waals surface area contributed by atoms with E-state index in [9.17, 15) is 9.59 Å². The van der Waals surface area contributed by atoms with Crippen LogP contribution in [0.4, 0.5) is 11.4 Å². The fourth-order valence-corrected chi connectivity index (χ4v) is 3.03. The quantitative estimate of drug-likeness (QED) is 0.576. The van der Waals surface area contributed by atoms with Crippen molar-refractivity contribution in [1.82, 2.24) is 4.90 Å². The van der Waals surface area contributed by atoms with Gasteiger partial charge in [0.25, 0.3) is 5.91 Å². The van der Waals surface area contributed by atoms with E-state index in [0.717, 1.165) is 31.6 Å². The highest BCUT2D eigenvalue weighted by atomic mass is 35.5. The van der Waals surface area contributed by atoms with Gasteiger partial charge in [0, 0.05) is 30.0 Å². The molecule has 0 atom stereocenters. The van der Waals surface area contributed by atoms with Gasteiger partial charge < -0.3 is 15.5 Å². The molecule has 0 spiro atoms. The molecule has 5 nitrogen and oxygen atoms in total. The monoisotopic (exact) mass is 421 g/mol. The normalized spacial score (nSPS) is 10.4. The Balaban J connectivity index is 1.90. The predicted octanol–water partition coefficient (Wildman–Crippen LogP) is 5.31. The van der Waals surface area contributed by atoms with Gasteiger partial charge in [-0.2, -0.15) is 0 Å². The van der Waals surface area contributed by atoms with Gasteiger partial charge in [-0.25, -0.2) is 0 Å². The second-order valence-corrected chi connectivity index (χ2v) is 7.21. The van der Waals surface area contributed by atoms with Gasteiger partial charge in [-0.05, 0) is 55.3 Å². The molecule has 2 aromatic carbocycles. The Morgan fingerprint density at radius 2 is 1.50 bits per heavy atom. The van der Waals surface area contributed by atoms with Crippen LogP contribution in [0.2, 0.25) is 10.0 Å². The lowest BCUT2D eigenvalue weighted by Crippen LogP contribution is -2.32. The lowest BCUT2D eigenvalue weighted by molar-refractivity contribution is -0.114. The van der Waals surface area contributed by atoms with E-state index in [0.29, 0.717) is 21.3 Å². The molecule has 0 radical (unpaired) electrons. The second kappa shape index (κ2) is 10.9. The highest BCUT2D eigenvalue weighted by molar-refractivity contribution is 6.42. The molecular weight excluding hydrogens is 397 g/mol. The Hall–Kier alpha value is -2.24. The van der Waals surface area contributed by atoms with Crippen molar-refractivity contribution in [3.05, 3.63) is 58.1 Å². The van der Waals surface area contributed by atoms with Crippen molar-refractivity contribution in [1.29, 1.82) is 0 Å². The van der Waals surface area contributed by atoms with E-state index in [2.05, 4.69) is 24.5 Å². The maximum atomic E-state index is 12.6. The van der Waals surface area contributed by atoms with E-state index in [1.807, 2.05) is 4.90 Å². The molecule has 0 aliphatic rings. The Morgan fingerprint density at radius 1 is 0.893 bits per heavy atom. The Kier molecular flexibility index (Phi) is 8.61. The van der Waals surface area contributed by atoms with E-state index >= 15 is 0 Å². The summed E-state index contributed by atoms with van der Waals surface area (Å²) >= 11 is 11.8. The van der Waals surface area contributed by atoms with Crippen molar-refractivity contribution in [2.45, 2.75) is 26.7 Å². The summed E-state index contributed by atoms with van der Waals surface area (Å²) in [4.78, 5) is 26.5. The second-order valence-electron chi connectivity index (χ2n) is 6.40. The van der Waals surface area contributed by atoms with Crippen LogP contribution in [0.15, 0.2) is 42.5 Å². The first-order chi connectivity index (χ1) is 13.4. The predicted molar refractivity (Wildman–Crippen MR) is 117 cm³/mol. The first-order valence-corrected chi connectivity index (χ1v) is 10.1. The summed E-state index contributed by atoms with van der Waals surface area (Å²) in [5.74, 6) is -0.178. The van der Waals surface area contributed by atoms with Gasteiger partial charge in [0.1, 0.15) is 0 Å². The number of hydrogen-bond acceptors (Lipinski definition) is 3. The smallest absolute Gasteiger partial charge is 0.253 e. The van der Waals surface area contributed by atoms with Crippen LogP contribution in [0.1, 0.15) is 37.0 Å². The van der Waals surface area contributed by atoms with Crippen molar-refractivity contribution in [2.75, 3.05) is 30.3 Å². The third kappa shape index (κ3) is 6.43. The highest BCUT2D eigenvalue weighted by Gasteiger charge is 2.14. The number of halogens is 2. The van der Waals surface area contributed by atoms with E-state index in [-0.39, 0.29) is 18.4 Å². The number of benzene rings is 2. The Bertz CT molecular complexity index is 804. The van der Waals surface area contributed by atoms with Crippen LogP contribution < -0.4 is 10.6 Å². The fourth-order valence-electron chi connectivity index (χ4n) is 2.73. The van der Waals surface area contributed by atoms with E-state index in [1.54, 1.807) is 42.5 Å². The largest absolute Gasteiger partial charge is 0.376 e. The van der Waals surface area contributed by atoms with E-state index in [1.165, 1.54) is 0 Å². The zero-order valence-corrected chi connectivity index (χ0v) is 17.6. The third-order valence-electron chi connectivity index (χ3n) is 4.06. The topological polar surface area (TPSA) is 61.4 Å². The van der Waals surface area contributed by atoms with Gasteiger partial charge >= 0.3 is 0 Å². The molecule has 0 saturated carbocycles. The molecule has 7 heteroatoms. The van der Waals surface area contributed by atoms with Crippen molar-refractivity contribution < 1.29 is 9.59 Å². The van der Waals surface area contributed by atoms with Crippen LogP contribution in [-0.2, 0) is 4.79 Å². The van der Waals surface area contributed by atoms with E-state index < -0.39 is 0 Å². The molecule has 0 saturated heterocycles. The summed E-state index contributed by atoms with van der Waals surface area (Å²) < 4.78 is 0. The summed E-state index contributed by atoms with van der Waals surface area (Å²) in [7, 11) is 0. The molecule has 0 aliphatic heterocycles.